The van der Waals surface area contributed by atoms with Crippen molar-refractivity contribution < 1.29 is 14.6 Å². The van der Waals surface area contributed by atoms with Crippen molar-refractivity contribution in [3.8, 4) is 16.3 Å². The highest BCUT2D eigenvalue weighted by Gasteiger charge is 2.15. The third-order valence-electron chi connectivity index (χ3n) is 2.71. The van der Waals surface area contributed by atoms with Gasteiger partial charge in [0.15, 0.2) is 0 Å². The molecule has 0 spiro atoms. The summed E-state index contributed by atoms with van der Waals surface area (Å²) in [6, 6.07) is 5.77. The summed E-state index contributed by atoms with van der Waals surface area (Å²) in [5, 5.41) is 9.77. The zero-order valence-electron chi connectivity index (χ0n) is 11.1. The summed E-state index contributed by atoms with van der Waals surface area (Å²) in [5.41, 5.74) is 2.49. The maximum absolute atomic E-state index is 11.0. The number of benzene rings is 1. The smallest absolute Gasteiger partial charge is 0.347 e. The molecule has 2 aromatic rings. The van der Waals surface area contributed by atoms with Gasteiger partial charge in [-0.05, 0) is 44.5 Å². The van der Waals surface area contributed by atoms with E-state index in [4.69, 9.17) is 9.84 Å². The highest BCUT2D eigenvalue weighted by molar-refractivity contribution is 7.17. The van der Waals surface area contributed by atoms with E-state index in [1.165, 1.54) is 11.3 Å². The van der Waals surface area contributed by atoms with Crippen LogP contribution in [0, 0.1) is 13.8 Å². The van der Waals surface area contributed by atoms with Crippen LogP contribution in [-0.2, 0) is 0 Å². The minimum absolute atomic E-state index is 0.293. The number of carboxylic acids is 1. The Bertz CT molecular complexity index is 619. The predicted molar refractivity (Wildman–Crippen MR) is 75.2 cm³/mol. The summed E-state index contributed by atoms with van der Waals surface area (Å²) in [5.74, 6) is -0.0816. The molecule has 0 aliphatic carbocycles. The van der Waals surface area contributed by atoms with Gasteiger partial charge in [-0.3, -0.25) is 0 Å². The van der Waals surface area contributed by atoms with E-state index >= 15 is 0 Å². The van der Waals surface area contributed by atoms with Crippen LogP contribution in [0.15, 0.2) is 18.2 Å². The Labute approximate surface area is 115 Å². The summed E-state index contributed by atoms with van der Waals surface area (Å²) in [6.07, 6.45) is 0. The number of carboxylic acid groups (broad SMARTS) is 1. The van der Waals surface area contributed by atoms with Gasteiger partial charge in [-0.15, -0.1) is 11.3 Å². The van der Waals surface area contributed by atoms with Crippen molar-refractivity contribution in [2.24, 2.45) is 0 Å². The fourth-order valence-corrected chi connectivity index (χ4v) is 2.72. The lowest BCUT2D eigenvalue weighted by Gasteiger charge is -2.07. The van der Waals surface area contributed by atoms with Gasteiger partial charge in [0.25, 0.3) is 0 Å². The highest BCUT2D eigenvalue weighted by Crippen LogP contribution is 2.31. The molecule has 0 radical (unpaired) electrons. The molecule has 1 aromatic carbocycles. The molecule has 0 saturated heterocycles. The van der Waals surface area contributed by atoms with Gasteiger partial charge in [0.05, 0.1) is 12.3 Å². The van der Waals surface area contributed by atoms with E-state index in [1.807, 2.05) is 32.0 Å². The molecule has 0 fully saturated rings. The number of nitrogens with zero attached hydrogens (tertiary/aromatic N) is 1. The topological polar surface area (TPSA) is 59.4 Å². The Morgan fingerprint density at radius 1 is 1.42 bits per heavy atom. The van der Waals surface area contributed by atoms with Crippen LogP contribution in [0.2, 0.25) is 0 Å². The van der Waals surface area contributed by atoms with E-state index < -0.39 is 5.97 Å². The van der Waals surface area contributed by atoms with Gasteiger partial charge in [0.1, 0.15) is 15.6 Å². The van der Waals surface area contributed by atoms with Crippen LogP contribution in [0.3, 0.4) is 0 Å². The van der Waals surface area contributed by atoms with Gasteiger partial charge in [-0.25, -0.2) is 9.78 Å². The molecule has 0 amide bonds. The number of aromatic nitrogens is 1. The molecular formula is C14H15NO3S. The predicted octanol–water partition coefficient (Wildman–Crippen LogP) is 3.52. The van der Waals surface area contributed by atoms with Crippen LogP contribution in [0.1, 0.15) is 27.9 Å². The van der Waals surface area contributed by atoms with Gasteiger partial charge < -0.3 is 9.84 Å². The average molecular weight is 277 g/mol. The molecule has 0 atom stereocenters. The fourth-order valence-electron chi connectivity index (χ4n) is 1.82. The maximum atomic E-state index is 11.0. The van der Waals surface area contributed by atoms with Crippen LogP contribution in [-0.4, -0.2) is 22.7 Å². The number of aromatic carboxylic acids is 1. The van der Waals surface area contributed by atoms with Crippen LogP contribution >= 0.6 is 11.3 Å². The first-order valence-corrected chi connectivity index (χ1v) is 6.79. The Hall–Kier alpha value is -1.88. The van der Waals surface area contributed by atoms with E-state index in [-0.39, 0.29) is 0 Å². The Kier molecular flexibility index (Phi) is 3.85. The maximum Gasteiger partial charge on any atom is 0.347 e. The minimum Gasteiger partial charge on any atom is -0.494 e. The number of thiazole rings is 1. The van der Waals surface area contributed by atoms with Crippen molar-refractivity contribution >= 4 is 17.3 Å². The zero-order valence-corrected chi connectivity index (χ0v) is 11.9. The minimum atomic E-state index is -0.927. The van der Waals surface area contributed by atoms with Crippen molar-refractivity contribution in [1.29, 1.82) is 0 Å². The highest BCUT2D eigenvalue weighted by atomic mass is 32.1. The second-order valence-corrected chi connectivity index (χ2v) is 5.15. The summed E-state index contributed by atoms with van der Waals surface area (Å²) >= 11 is 1.20. The van der Waals surface area contributed by atoms with Gasteiger partial charge in [-0.2, -0.15) is 0 Å². The van der Waals surface area contributed by atoms with Gasteiger partial charge in [0, 0.05) is 5.56 Å². The first-order chi connectivity index (χ1) is 9.02. The second kappa shape index (κ2) is 5.40. The lowest BCUT2D eigenvalue weighted by molar-refractivity contribution is 0.0701. The zero-order chi connectivity index (χ0) is 14.0. The van der Waals surface area contributed by atoms with Crippen molar-refractivity contribution in [1.82, 2.24) is 4.98 Å². The SMILES string of the molecule is CCOc1ccc(-c2nc(C)c(C(=O)O)s2)cc1C. The number of hydrogen-bond acceptors (Lipinski definition) is 4. The molecule has 5 heteroatoms. The molecule has 0 aliphatic rings. The molecule has 0 unspecified atom stereocenters. The Balaban J connectivity index is 2.39. The van der Waals surface area contributed by atoms with Gasteiger partial charge in [0.2, 0.25) is 0 Å². The largest absolute Gasteiger partial charge is 0.494 e. The molecule has 0 bridgehead atoms. The van der Waals surface area contributed by atoms with Crippen molar-refractivity contribution in [3.05, 3.63) is 34.3 Å². The number of hydrogen-bond donors (Lipinski definition) is 1. The van der Waals surface area contributed by atoms with E-state index in [2.05, 4.69) is 4.98 Å². The lowest BCUT2D eigenvalue weighted by Crippen LogP contribution is -1.94. The molecule has 100 valence electrons. The Morgan fingerprint density at radius 2 is 2.16 bits per heavy atom. The first-order valence-electron chi connectivity index (χ1n) is 5.97. The second-order valence-electron chi connectivity index (χ2n) is 4.15. The van der Waals surface area contributed by atoms with Crippen LogP contribution in [0.5, 0.6) is 5.75 Å². The lowest BCUT2D eigenvalue weighted by atomic mass is 10.1. The molecule has 19 heavy (non-hydrogen) atoms. The van der Waals surface area contributed by atoms with Crippen molar-refractivity contribution in [3.63, 3.8) is 0 Å². The summed E-state index contributed by atoms with van der Waals surface area (Å²) in [6.45, 7) is 6.24. The monoisotopic (exact) mass is 277 g/mol. The molecular weight excluding hydrogens is 262 g/mol. The van der Waals surface area contributed by atoms with Crippen LogP contribution in [0.25, 0.3) is 10.6 Å². The molecule has 1 aromatic heterocycles. The summed E-state index contributed by atoms with van der Waals surface area (Å²) in [7, 11) is 0. The van der Waals surface area contributed by atoms with E-state index in [1.54, 1.807) is 6.92 Å². The third kappa shape index (κ3) is 2.76. The molecule has 1 N–H and O–H groups in total. The molecule has 4 nitrogen and oxygen atoms in total. The van der Waals surface area contributed by atoms with Gasteiger partial charge in [-0.1, -0.05) is 0 Å². The standard InChI is InChI=1S/C14H15NO3S/c1-4-18-11-6-5-10(7-8(11)2)13-15-9(3)12(19-13)14(16)17/h5-7H,4H2,1-3H3,(H,16,17). The average Bonchev–Trinajstić information content (AvgIpc) is 2.74. The number of rotatable bonds is 4. The summed E-state index contributed by atoms with van der Waals surface area (Å²) in [4.78, 5) is 15.6. The van der Waals surface area contributed by atoms with Crippen molar-refractivity contribution in [2.75, 3.05) is 6.61 Å². The third-order valence-corrected chi connectivity index (χ3v) is 3.91. The van der Waals surface area contributed by atoms with E-state index in [0.717, 1.165) is 21.9 Å². The number of aryl methyl sites for hydroxylation is 2. The normalized spacial score (nSPS) is 10.5. The molecule has 1 heterocycles. The molecule has 0 aliphatic heterocycles. The quantitative estimate of drug-likeness (QED) is 0.928. The van der Waals surface area contributed by atoms with E-state index in [9.17, 15) is 4.79 Å². The Morgan fingerprint density at radius 3 is 2.68 bits per heavy atom. The molecule has 2 rings (SSSR count). The van der Waals surface area contributed by atoms with E-state index in [0.29, 0.717) is 17.2 Å². The number of ether oxygens (including phenoxy) is 1. The number of carbonyl (C=O) groups is 1. The van der Waals surface area contributed by atoms with Gasteiger partial charge >= 0.3 is 5.97 Å². The first kappa shape index (κ1) is 13.5. The summed E-state index contributed by atoms with van der Waals surface area (Å²) < 4.78 is 5.48. The van der Waals surface area contributed by atoms with Crippen molar-refractivity contribution in [2.45, 2.75) is 20.8 Å². The molecule has 0 saturated carbocycles. The fraction of sp³-hybridized carbons (Fsp3) is 0.286. The van der Waals surface area contributed by atoms with Crippen LogP contribution < -0.4 is 4.74 Å². The van der Waals surface area contributed by atoms with Crippen LogP contribution in [0.4, 0.5) is 0 Å².